The number of aliphatic hydroxyl groups is 1. The van der Waals surface area contributed by atoms with Gasteiger partial charge in [-0.3, -0.25) is 4.79 Å². The van der Waals surface area contributed by atoms with Gasteiger partial charge < -0.3 is 9.84 Å². The summed E-state index contributed by atoms with van der Waals surface area (Å²) in [5.74, 6) is -0.115. The molecule has 0 spiro atoms. The first-order chi connectivity index (χ1) is 14.6. The van der Waals surface area contributed by atoms with E-state index >= 15 is 0 Å². The summed E-state index contributed by atoms with van der Waals surface area (Å²) in [6.45, 7) is 5.00. The van der Waals surface area contributed by atoms with Gasteiger partial charge in [0.15, 0.2) is 0 Å². The fourth-order valence-corrected chi connectivity index (χ4v) is 4.53. The summed E-state index contributed by atoms with van der Waals surface area (Å²) < 4.78 is 5.51. The third-order valence-electron chi connectivity index (χ3n) is 6.70. The van der Waals surface area contributed by atoms with E-state index in [2.05, 4.69) is 38.1 Å². The molecule has 0 unspecified atom stereocenters. The summed E-state index contributed by atoms with van der Waals surface area (Å²) >= 11 is 0. The Morgan fingerprint density at radius 2 is 1.47 bits per heavy atom. The molecule has 30 heavy (non-hydrogen) atoms. The first-order valence-electron chi connectivity index (χ1n) is 12.6. The zero-order valence-electron chi connectivity index (χ0n) is 19.5. The number of benzene rings is 1. The second-order valence-corrected chi connectivity index (χ2v) is 9.25. The van der Waals surface area contributed by atoms with Crippen molar-refractivity contribution in [1.29, 1.82) is 0 Å². The smallest absolute Gasteiger partial charge is 0.308 e. The molecule has 1 N–H and O–H groups in total. The lowest BCUT2D eigenvalue weighted by atomic mass is 9.75. The number of carbonyl (C=O) groups is 1. The molecule has 3 heteroatoms. The van der Waals surface area contributed by atoms with E-state index in [0.29, 0.717) is 32.3 Å². The topological polar surface area (TPSA) is 46.5 Å². The van der Waals surface area contributed by atoms with E-state index in [1.807, 2.05) is 0 Å². The molecular weight excluding hydrogens is 372 g/mol. The minimum Gasteiger partial charge on any atom is -0.465 e. The van der Waals surface area contributed by atoms with E-state index in [0.717, 1.165) is 24.8 Å². The lowest BCUT2D eigenvalue weighted by molar-refractivity contribution is -0.152. The van der Waals surface area contributed by atoms with Gasteiger partial charge in [-0.1, -0.05) is 89.5 Å². The van der Waals surface area contributed by atoms with Crippen molar-refractivity contribution in [1.82, 2.24) is 0 Å². The maximum absolute atomic E-state index is 12.4. The molecule has 2 rings (SSSR count). The molecule has 0 amide bonds. The van der Waals surface area contributed by atoms with E-state index in [-0.39, 0.29) is 11.9 Å². The minimum absolute atomic E-state index is 0.0526. The van der Waals surface area contributed by atoms with Crippen LogP contribution in [-0.2, 0) is 21.6 Å². The molecule has 1 aliphatic rings. The van der Waals surface area contributed by atoms with E-state index in [1.54, 1.807) is 0 Å². The number of rotatable bonds is 14. The van der Waals surface area contributed by atoms with E-state index in [4.69, 9.17) is 4.74 Å². The number of unbranched alkanes of at least 4 members (excludes halogenated alkanes) is 8. The summed E-state index contributed by atoms with van der Waals surface area (Å²) in [4.78, 5) is 12.4. The number of hydrogen-bond donors (Lipinski definition) is 1. The van der Waals surface area contributed by atoms with Crippen LogP contribution < -0.4 is 0 Å². The molecule has 1 aromatic rings. The molecule has 0 atom stereocenters. The molecule has 1 aliphatic carbocycles. The number of carbonyl (C=O) groups excluding carboxylic acids is 1. The molecule has 0 aliphatic heterocycles. The normalized spacial score (nSPS) is 21.5. The predicted octanol–water partition coefficient (Wildman–Crippen LogP) is 7.09. The lowest BCUT2D eigenvalue weighted by Crippen LogP contribution is -2.34. The van der Waals surface area contributed by atoms with Crippen LogP contribution in [0.15, 0.2) is 24.3 Å². The quantitative estimate of drug-likeness (QED) is 0.260. The third kappa shape index (κ3) is 8.41. The Morgan fingerprint density at radius 3 is 2.10 bits per heavy atom. The molecule has 0 bridgehead atoms. The highest BCUT2D eigenvalue weighted by molar-refractivity contribution is 5.72. The van der Waals surface area contributed by atoms with Crippen LogP contribution >= 0.6 is 0 Å². The van der Waals surface area contributed by atoms with Crippen LogP contribution in [0.1, 0.15) is 115 Å². The van der Waals surface area contributed by atoms with Crippen LogP contribution in [0.2, 0.25) is 0 Å². The SMILES string of the molecule is CCCCCCCCOC(=O)C1CCC(O)(c2ccc(CCCCCC)cc2)CC1. The highest BCUT2D eigenvalue weighted by atomic mass is 16.5. The summed E-state index contributed by atoms with van der Waals surface area (Å²) in [6, 6.07) is 8.51. The van der Waals surface area contributed by atoms with Crippen molar-refractivity contribution in [3.8, 4) is 0 Å². The van der Waals surface area contributed by atoms with Gasteiger partial charge in [0.25, 0.3) is 0 Å². The fourth-order valence-electron chi connectivity index (χ4n) is 4.53. The van der Waals surface area contributed by atoms with Gasteiger partial charge in [-0.05, 0) is 56.1 Å². The van der Waals surface area contributed by atoms with Crippen molar-refractivity contribution in [2.24, 2.45) is 5.92 Å². The first kappa shape index (κ1) is 24.9. The molecule has 3 nitrogen and oxygen atoms in total. The van der Waals surface area contributed by atoms with Gasteiger partial charge in [0, 0.05) is 0 Å². The monoisotopic (exact) mass is 416 g/mol. The average molecular weight is 417 g/mol. The third-order valence-corrected chi connectivity index (χ3v) is 6.70. The van der Waals surface area contributed by atoms with Crippen LogP contribution in [0.25, 0.3) is 0 Å². The Bertz CT molecular complexity index is 585. The van der Waals surface area contributed by atoms with E-state index in [9.17, 15) is 9.90 Å². The van der Waals surface area contributed by atoms with Crippen LogP contribution in [0.4, 0.5) is 0 Å². The second kappa shape index (κ2) is 13.9. The van der Waals surface area contributed by atoms with Gasteiger partial charge in [0.2, 0.25) is 0 Å². The summed E-state index contributed by atoms with van der Waals surface area (Å²) in [7, 11) is 0. The van der Waals surface area contributed by atoms with Gasteiger partial charge in [-0.2, -0.15) is 0 Å². The summed E-state index contributed by atoms with van der Waals surface area (Å²) in [6.07, 6.45) is 16.1. The molecule has 0 radical (unpaired) electrons. The maximum atomic E-state index is 12.4. The molecule has 170 valence electrons. The van der Waals surface area contributed by atoms with Gasteiger partial charge in [0.1, 0.15) is 0 Å². The molecule has 0 aromatic heterocycles. The van der Waals surface area contributed by atoms with Crippen LogP contribution in [0.5, 0.6) is 0 Å². The van der Waals surface area contributed by atoms with Gasteiger partial charge in [-0.25, -0.2) is 0 Å². The molecular formula is C27H44O3. The Balaban J connectivity index is 1.69. The zero-order valence-corrected chi connectivity index (χ0v) is 19.5. The largest absolute Gasteiger partial charge is 0.465 e. The lowest BCUT2D eigenvalue weighted by Gasteiger charge is -2.35. The molecule has 1 aromatic carbocycles. The van der Waals surface area contributed by atoms with Gasteiger partial charge in [-0.15, -0.1) is 0 Å². The van der Waals surface area contributed by atoms with Crippen molar-refractivity contribution in [3.05, 3.63) is 35.4 Å². The van der Waals surface area contributed by atoms with Crippen molar-refractivity contribution in [2.45, 2.75) is 116 Å². The zero-order chi connectivity index (χ0) is 21.7. The van der Waals surface area contributed by atoms with E-state index in [1.165, 1.54) is 56.9 Å². The van der Waals surface area contributed by atoms with E-state index < -0.39 is 5.60 Å². The van der Waals surface area contributed by atoms with Crippen molar-refractivity contribution in [3.63, 3.8) is 0 Å². The average Bonchev–Trinajstić information content (AvgIpc) is 2.77. The van der Waals surface area contributed by atoms with Crippen LogP contribution in [-0.4, -0.2) is 17.7 Å². The maximum Gasteiger partial charge on any atom is 0.308 e. The highest BCUT2D eigenvalue weighted by Gasteiger charge is 2.37. The van der Waals surface area contributed by atoms with Crippen molar-refractivity contribution < 1.29 is 14.6 Å². The Morgan fingerprint density at radius 1 is 0.900 bits per heavy atom. The second-order valence-electron chi connectivity index (χ2n) is 9.25. The van der Waals surface area contributed by atoms with Crippen LogP contribution in [0, 0.1) is 5.92 Å². The number of esters is 1. The molecule has 0 saturated heterocycles. The Labute approximate surface area is 184 Å². The Kier molecular flexibility index (Phi) is 11.5. The Hall–Kier alpha value is -1.35. The van der Waals surface area contributed by atoms with Crippen molar-refractivity contribution >= 4 is 5.97 Å². The standard InChI is InChI=1S/C27H44O3/c1-3-5-7-9-10-12-22-30-26(28)24-18-20-27(29,21-19-24)25-16-14-23(15-17-25)13-11-8-6-4-2/h14-17,24,29H,3-13,18-22H2,1-2H3. The fraction of sp³-hybridized carbons (Fsp3) is 0.741. The van der Waals surface area contributed by atoms with Crippen LogP contribution in [0.3, 0.4) is 0 Å². The number of ether oxygens (including phenoxy) is 1. The minimum atomic E-state index is -0.795. The number of hydrogen-bond acceptors (Lipinski definition) is 3. The van der Waals surface area contributed by atoms with Gasteiger partial charge in [0.05, 0.1) is 18.1 Å². The molecule has 1 saturated carbocycles. The summed E-state index contributed by atoms with van der Waals surface area (Å²) in [5, 5.41) is 11.1. The number of aryl methyl sites for hydroxylation is 1. The molecule has 1 fully saturated rings. The predicted molar refractivity (Wildman–Crippen MR) is 124 cm³/mol. The van der Waals surface area contributed by atoms with Crippen molar-refractivity contribution in [2.75, 3.05) is 6.61 Å². The first-order valence-corrected chi connectivity index (χ1v) is 12.6. The highest BCUT2D eigenvalue weighted by Crippen LogP contribution is 2.40. The summed E-state index contributed by atoms with van der Waals surface area (Å²) in [5.41, 5.74) is 1.56. The van der Waals surface area contributed by atoms with Gasteiger partial charge >= 0.3 is 5.97 Å². The molecule has 0 heterocycles.